The van der Waals surface area contributed by atoms with E-state index in [9.17, 15) is 0 Å². The summed E-state index contributed by atoms with van der Waals surface area (Å²) < 4.78 is 9.86. The third-order valence-electron chi connectivity index (χ3n) is 9.92. The van der Waals surface area contributed by atoms with Gasteiger partial charge in [0, 0.05) is 42.8 Å². The molecular weight excluding hydrogens is 901 g/mol. The molecule has 8 aromatic rings. The first-order chi connectivity index (χ1) is 25.6. The van der Waals surface area contributed by atoms with Gasteiger partial charge in [-0.3, -0.25) is 4.98 Å². The third kappa shape index (κ3) is 8.32. The molecule has 0 saturated carbocycles. The number of para-hydroxylation sites is 3. The minimum Gasteiger partial charge on any atom is -0.486 e. The summed E-state index contributed by atoms with van der Waals surface area (Å²) in [4.78, 5) is 14.5. The number of aromatic nitrogens is 4. The standard InChI is InChI=1S/C29H24N3O.C18H24GeN.Ir/c1-3-19(4-2)24-16-15-22-23-18-20(14-17-27(23)33-29(22)31-24)28-30-25-12-8-9-13-26(25)32(28)21-10-6-5-7-11-21;1-14(2)11-16-12-18(15-9-7-6-8-10-15)20-13-17(16)19(3,4)5;/h5-13,15-19H,3-4H2,1-2H3;6-9,12-14H,11H2,1-5H3;/q2*-1;. The van der Waals surface area contributed by atoms with E-state index in [0.29, 0.717) is 17.5 Å². The predicted octanol–water partition coefficient (Wildman–Crippen LogP) is 12.0. The van der Waals surface area contributed by atoms with E-state index in [1.54, 1.807) is 4.40 Å². The maximum atomic E-state index is 6.13. The Morgan fingerprint density at radius 3 is 2.22 bits per heavy atom. The zero-order valence-corrected chi connectivity index (χ0v) is 36.8. The van der Waals surface area contributed by atoms with Crippen LogP contribution < -0.4 is 4.40 Å². The molecule has 0 aliphatic heterocycles. The molecule has 0 fully saturated rings. The molecule has 4 aromatic heterocycles. The van der Waals surface area contributed by atoms with Crippen molar-refractivity contribution in [3.63, 3.8) is 0 Å². The van der Waals surface area contributed by atoms with Crippen LogP contribution in [0.15, 0.2) is 120 Å². The Kier molecular flexibility index (Phi) is 12.4. The quantitative estimate of drug-likeness (QED) is 0.107. The SMILES string of the molecule is CC(C)Cc1cc(-c2[c-]cccc2)nc[c]1[Ge]([CH3])([CH3])[CH3].CCC(CC)c1ccc2c(n1)oc1c[c-]c(-c3nc4ccccc4n3-c3ccccc3)cc12.[Ir]. The molecule has 0 spiro atoms. The molecule has 4 aromatic carbocycles. The van der Waals surface area contributed by atoms with Gasteiger partial charge >= 0.3 is 126 Å². The van der Waals surface area contributed by atoms with Crippen molar-refractivity contribution in [1.82, 2.24) is 19.5 Å². The number of rotatable bonds is 9. The van der Waals surface area contributed by atoms with Crippen LogP contribution in [0, 0.1) is 18.1 Å². The number of fused-ring (bicyclic) bond motifs is 4. The van der Waals surface area contributed by atoms with E-state index in [1.807, 2.05) is 60.7 Å². The molecule has 1 radical (unpaired) electrons. The van der Waals surface area contributed by atoms with Gasteiger partial charge in [-0.25, -0.2) is 4.98 Å². The molecule has 8 rings (SSSR count). The summed E-state index contributed by atoms with van der Waals surface area (Å²) in [5.41, 5.74) is 10.2. The molecule has 0 bridgehead atoms. The molecule has 0 saturated heterocycles. The Bertz CT molecular complexity index is 2480. The molecule has 5 nitrogen and oxygen atoms in total. The normalized spacial score (nSPS) is 11.6. The Morgan fingerprint density at radius 2 is 1.52 bits per heavy atom. The summed E-state index contributed by atoms with van der Waals surface area (Å²) >= 11 is -1.86. The molecule has 277 valence electrons. The van der Waals surface area contributed by atoms with Crippen LogP contribution in [0.3, 0.4) is 0 Å². The summed E-state index contributed by atoms with van der Waals surface area (Å²) in [5, 5.41) is 2.06. The van der Waals surface area contributed by atoms with Crippen molar-refractivity contribution < 1.29 is 24.5 Å². The largest absolute Gasteiger partial charge is 0.486 e. The molecule has 0 aliphatic carbocycles. The Labute approximate surface area is 336 Å². The van der Waals surface area contributed by atoms with Gasteiger partial charge < -0.3 is 8.98 Å². The Morgan fingerprint density at radius 1 is 0.778 bits per heavy atom. The van der Waals surface area contributed by atoms with Gasteiger partial charge in [-0.1, -0.05) is 49.6 Å². The maximum Gasteiger partial charge on any atom is 0.216 e. The number of benzene rings is 4. The van der Waals surface area contributed by atoms with Crippen LogP contribution in [0.25, 0.3) is 61.4 Å². The molecule has 0 atom stereocenters. The minimum absolute atomic E-state index is 0. The van der Waals surface area contributed by atoms with Gasteiger partial charge in [-0.15, -0.1) is 23.8 Å². The van der Waals surface area contributed by atoms with E-state index in [0.717, 1.165) is 80.7 Å². The predicted molar refractivity (Wildman–Crippen MR) is 224 cm³/mol. The molecular formula is C47H48GeIrN4O-2. The smallest absolute Gasteiger partial charge is 0.216 e. The van der Waals surface area contributed by atoms with Gasteiger partial charge in [0.2, 0.25) is 5.71 Å². The van der Waals surface area contributed by atoms with Crippen molar-refractivity contribution in [2.75, 3.05) is 0 Å². The van der Waals surface area contributed by atoms with E-state index in [4.69, 9.17) is 19.4 Å². The number of hydrogen-bond donors (Lipinski definition) is 0. The van der Waals surface area contributed by atoms with Crippen molar-refractivity contribution in [2.45, 2.75) is 70.1 Å². The van der Waals surface area contributed by atoms with Crippen molar-refractivity contribution in [3.05, 3.63) is 139 Å². The summed E-state index contributed by atoms with van der Waals surface area (Å²) in [6.07, 6.45) is 5.42. The van der Waals surface area contributed by atoms with Crippen molar-refractivity contribution >= 4 is 50.8 Å². The van der Waals surface area contributed by atoms with E-state index in [1.165, 1.54) is 5.56 Å². The number of hydrogen-bond acceptors (Lipinski definition) is 4. The average Bonchev–Trinajstić information content (AvgIpc) is 3.74. The second-order valence-corrected chi connectivity index (χ2v) is 25.8. The van der Waals surface area contributed by atoms with Gasteiger partial charge in [0.1, 0.15) is 0 Å². The number of pyridine rings is 2. The molecule has 54 heavy (non-hydrogen) atoms. The fourth-order valence-corrected chi connectivity index (χ4v) is 10.5. The minimum atomic E-state index is -1.86. The van der Waals surface area contributed by atoms with Crippen LogP contribution in [0.2, 0.25) is 17.3 Å². The van der Waals surface area contributed by atoms with Crippen LogP contribution in [-0.4, -0.2) is 32.8 Å². The van der Waals surface area contributed by atoms with E-state index in [2.05, 4.69) is 116 Å². The third-order valence-corrected chi connectivity index (χ3v) is 14.3. The Balaban J connectivity index is 0.000000205. The van der Waals surface area contributed by atoms with Crippen LogP contribution in [0.5, 0.6) is 0 Å². The summed E-state index contributed by atoms with van der Waals surface area (Å²) in [5.74, 6) is 9.31. The molecule has 0 amide bonds. The van der Waals surface area contributed by atoms with Gasteiger partial charge in [0.15, 0.2) is 0 Å². The van der Waals surface area contributed by atoms with Crippen LogP contribution in [0.4, 0.5) is 0 Å². The zero-order valence-electron chi connectivity index (χ0n) is 32.3. The Hall–Kier alpha value is -4.36. The van der Waals surface area contributed by atoms with Gasteiger partial charge in [-0.2, -0.15) is 0 Å². The number of nitrogens with zero attached hydrogens (tertiary/aromatic N) is 4. The zero-order chi connectivity index (χ0) is 37.1. The van der Waals surface area contributed by atoms with Gasteiger partial charge in [0.05, 0.1) is 22.4 Å². The summed E-state index contributed by atoms with van der Waals surface area (Å²) in [6, 6.07) is 43.9. The van der Waals surface area contributed by atoms with Crippen molar-refractivity contribution in [1.29, 1.82) is 0 Å². The number of furan rings is 1. The van der Waals surface area contributed by atoms with E-state index < -0.39 is 13.3 Å². The summed E-state index contributed by atoms with van der Waals surface area (Å²) in [6.45, 7) is 8.99. The molecule has 0 N–H and O–H groups in total. The van der Waals surface area contributed by atoms with Crippen molar-refractivity contribution in [2.24, 2.45) is 5.92 Å². The fraction of sp³-hybridized carbons (Fsp3) is 0.255. The second-order valence-electron chi connectivity index (χ2n) is 15.3. The molecule has 0 unspecified atom stereocenters. The fourth-order valence-electron chi connectivity index (χ4n) is 7.20. The van der Waals surface area contributed by atoms with Crippen LogP contribution in [0.1, 0.15) is 57.7 Å². The van der Waals surface area contributed by atoms with E-state index >= 15 is 0 Å². The molecule has 7 heteroatoms. The summed E-state index contributed by atoms with van der Waals surface area (Å²) in [7, 11) is 0. The van der Waals surface area contributed by atoms with Gasteiger partial charge in [0.25, 0.3) is 0 Å². The molecule has 0 aliphatic rings. The monoisotopic (exact) mass is 951 g/mol. The van der Waals surface area contributed by atoms with Gasteiger partial charge in [-0.05, 0) is 49.2 Å². The average molecular weight is 950 g/mol. The van der Waals surface area contributed by atoms with Crippen LogP contribution in [-0.2, 0) is 26.5 Å². The van der Waals surface area contributed by atoms with E-state index in [-0.39, 0.29) is 20.1 Å². The number of imidazole rings is 1. The second kappa shape index (κ2) is 17.0. The first kappa shape index (κ1) is 39.3. The van der Waals surface area contributed by atoms with Crippen LogP contribution >= 0.6 is 0 Å². The first-order valence-electron chi connectivity index (χ1n) is 18.9. The molecule has 4 heterocycles. The van der Waals surface area contributed by atoms with Crippen molar-refractivity contribution in [3.8, 4) is 28.3 Å². The first-order valence-corrected chi connectivity index (χ1v) is 26.2. The maximum absolute atomic E-state index is 6.13. The topological polar surface area (TPSA) is 56.7 Å².